The third-order valence-electron chi connectivity index (χ3n) is 7.53. The molecule has 2 saturated carbocycles. The zero-order chi connectivity index (χ0) is 21.3. The molecule has 5 nitrogen and oxygen atoms in total. The van der Waals surface area contributed by atoms with Crippen LogP contribution in [0.15, 0.2) is 0 Å². The first-order chi connectivity index (χ1) is 13.9. The molecule has 2 fully saturated rings. The minimum Gasteiger partial charge on any atom is -0.469 e. The highest BCUT2D eigenvalue weighted by Crippen LogP contribution is 2.49. The lowest BCUT2D eigenvalue weighted by atomic mass is 9.61. The van der Waals surface area contributed by atoms with Gasteiger partial charge in [-0.25, -0.2) is 0 Å². The summed E-state index contributed by atoms with van der Waals surface area (Å²) in [5.41, 5.74) is 0.141. The number of hydrogen-bond acceptors (Lipinski definition) is 5. The van der Waals surface area contributed by atoms with Crippen molar-refractivity contribution in [1.29, 1.82) is 0 Å². The first-order valence-electron chi connectivity index (χ1n) is 11.9. The molecule has 0 aromatic carbocycles. The first-order valence-corrected chi connectivity index (χ1v) is 11.9. The molecule has 5 heteroatoms. The first kappa shape index (κ1) is 24.3. The molecule has 0 amide bonds. The Kier molecular flexibility index (Phi) is 10.1. The second kappa shape index (κ2) is 12.0. The minimum atomic E-state index is -0.516. The van der Waals surface area contributed by atoms with E-state index in [1.165, 1.54) is 13.5 Å². The molecule has 2 N–H and O–H groups in total. The van der Waals surface area contributed by atoms with Crippen molar-refractivity contribution < 1.29 is 24.5 Å². The van der Waals surface area contributed by atoms with E-state index in [-0.39, 0.29) is 35.1 Å². The SMILES string of the molecule is CCCC1([C@H](O)CCC[C@H]2[C@@H](O)CC(=O)[C@@H]2CCCCCCC(=O)OC)CCC1. The van der Waals surface area contributed by atoms with Gasteiger partial charge in [0.15, 0.2) is 0 Å². The normalized spacial score (nSPS) is 26.9. The van der Waals surface area contributed by atoms with Crippen LogP contribution in [0.5, 0.6) is 0 Å². The Hall–Kier alpha value is -0.940. The van der Waals surface area contributed by atoms with Crippen LogP contribution in [0.25, 0.3) is 0 Å². The molecular weight excluding hydrogens is 368 g/mol. The zero-order valence-corrected chi connectivity index (χ0v) is 18.5. The predicted molar refractivity (Wildman–Crippen MR) is 113 cm³/mol. The van der Waals surface area contributed by atoms with Crippen molar-refractivity contribution in [3.63, 3.8) is 0 Å². The molecule has 2 aliphatic rings. The van der Waals surface area contributed by atoms with E-state index >= 15 is 0 Å². The van der Waals surface area contributed by atoms with Crippen molar-refractivity contribution in [3.05, 3.63) is 0 Å². The van der Waals surface area contributed by atoms with E-state index in [0.717, 1.165) is 77.0 Å². The fourth-order valence-electron chi connectivity index (χ4n) is 5.61. The summed E-state index contributed by atoms with van der Waals surface area (Å²) in [4.78, 5) is 23.5. The molecule has 2 rings (SSSR count). The average molecular weight is 411 g/mol. The van der Waals surface area contributed by atoms with Crippen molar-refractivity contribution in [3.8, 4) is 0 Å². The molecule has 0 heterocycles. The Morgan fingerprint density at radius 3 is 2.52 bits per heavy atom. The number of aliphatic hydroxyl groups is 2. The molecule has 0 bridgehead atoms. The van der Waals surface area contributed by atoms with Crippen molar-refractivity contribution >= 4 is 11.8 Å². The summed E-state index contributed by atoms with van der Waals surface area (Å²) < 4.78 is 4.65. The van der Waals surface area contributed by atoms with E-state index in [1.54, 1.807) is 0 Å². The van der Waals surface area contributed by atoms with E-state index in [2.05, 4.69) is 11.7 Å². The maximum absolute atomic E-state index is 12.4. The Labute approximate surface area is 176 Å². The van der Waals surface area contributed by atoms with Crippen LogP contribution in [-0.4, -0.2) is 41.3 Å². The monoisotopic (exact) mass is 410 g/mol. The highest BCUT2D eigenvalue weighted by molar-refractivity contribution is 5.84. The number of hydrogen-bond donors (Lipinski definition) is 2. The van der Waals surface area contributed by atoms with Gasteiger partial charge in [-0.3, -0.25) is 9.59 Å². The number of esters is 1. The van der Waals surface area contributed by atoms with Crippen molar-refractivity contribution in [2.24, 2.45) is 17.3 Å². The number of rotatable bonds is 14. The summed E-state index contributed by atoms with van der Waals surface area (Å²) >= 11 is 0. The van der Waals surface area contributed by atoms with Gasteiger partial charge in [-0.1, -0.05) is 45.4 Å². The number of carbonyl (C=O) groups excluding carboxylic acids is 2. The quantitative estimate of drug-likeness (QED) is 0.324. The van der Waals surface area contributed by atoms with E-state index in [0.29, 0.717) is 12.8 Å². The van der Waals surface area contributed by atoms with Crippen LogP contribution in [0.1, 0.15) is 103 Å². The van der Waals surface area contributed by atoms with Crippen LogP contribution < -0.4 is 0 Å². The lowest BCUT2D eigenvalue weighted by Gasteiger charge is -2.46. The van der Waals surface area contributed by atoms with Crippen molar-refractivity contribution in [2.45, 2.75) is 115 Å². The molecule has 29 heavy (non-hydrogen) atoms. The highest BCUT2D eigenvalue weighted by Gasteiger charge is 2.43. The number of unbranched alkanes of at least 4 members (excludes halogenated alkanes) is 3. The highest BCUT2D eigenvalue weighted by atomic mass is 16.5. The Bertz CT molecular complexity index is 513. The van der Waals surface area contributed by atoms with Gasteiger partial charge < -0.3 is 14.9 Å². The van der Waals surface area contributed by atoms with Crippen LogP contribution in [0.2, 0.25) is 0 Å². The van der Waals surface area contributed by atoms with E-state index in [1.807, 2.05) is 0 Å². The lowest BCUT2D eigenvalue weighted by molar-refractivity contribution is -0.140. The van der Waals surface area contributed by atoms with Gasteiger partial charge in [0.25, 0.3) is 0 Å². The number of ketones is 1. The third kappa shape index (κ3) is 6.78. The number of methoxy groups -OCH3 is 1. The number of aliphatic hydroxyl groups excluding tert-OH is 2. The van der Waals surface area contributed by atoms with E-state index in [4.69, 9.17) is 0 Å². The van der Waals surface area contributed by atoms with Gasteiger partial charge in [-0.05, 0) is 56.3 Å². The molecule has 0 spiro atoms. The largest absolute Gasteiger partial charge is 0.469 e. The molecule has 0 unspecified atom stereocenters. The summed E-state index contributed by atoms with van der Waals surface area (Å²) in [5, 5.41) is 21.1. The van der Waals surface area contributed by atoms with Gasteiger partial charge >= 0.3 is 5.97 Å². The van der Waals surface area contributed by atoms with Gasteiger partial charge in [0.1, 0.15) is 5.78 Å². The Morgan fingerprint density at radius 1 is 1.17 bits per heavy atom. The van der Waals surface area contributed by atoms with Crippen LogP contribution in [-0.2, 0) is 14.3 Å². The summed E-state index contributed by atoms with van der Waals surface area (Å²) in [5.74, 6) is 0.0624. The second-order valence-electron chi connectivity index (χ2n) is 9.45. The standard InChI is InChI=1S/C24H42O5/c1-3-14-24(15-9-16-24)22(27)12-8-11-19-18(20(25)17-21(19)26)10-6-4-5-7-13-23(28)29-2/h18-19,21-22,26-27H,3-17H2,1-2H3/t18-,19-,21+,22-/m1/s1. The molecule has 2 aliphatic carbocycles. The summed E-state index contributed by atoms with van der Waals surface area (Å²) in [7, 11) is 1.41. The smallest absolute Gasteiger partial charge is 0.305 e. The van der Waals surface area contributed by atoms with E-state index < -0.39 is 6.10 Å². The molecular formula is C24H42O5. The third-order valence-corrected chi connectivity index (χ3v) is 7.53. The number of carbonyl (C=O) groups is 2. The molecule has 168 valence electrons. The summed E-state index contributed by atoms with van der Waals surface area (Å²) in [6.07, 6.45) is 12.8. The van der Waals surface area contributed by atoms with E-state index in [9.17, 15) is 19.8 Å². The summed E-state index contributed by atoms with van der Waals surface area (Å²) in [6.45, 7) is 2.19. The second-order valence-corrected chi connectivity index (χ2v) is 9.45. The van der Waals surface area contributed by atoms with Crippen LogP contribution in [0.4, 0.5) is 0 Å². The molecule has 0 aromatic rings. The summed E-state index contributed by atoms with van der Waals surface area (Å²) in [6, 6.07) is 0. The van der Waals surface area contributed by atoms with Gasteiger partial charge in [-0.2, -0.15) is 0 Å². The molecule has 0 aromatic heterocycles. The fraction of sp³-hybridized carbons (Fsp3) is 0.917. The van der Waals surface area contributed by atoms with Crippen LogP contribution >= 0.6 is 0 Å². The Balaban J connectivity index is 1.70. The van der Waals surface area contributed by atoms with Crippen molar-refractivity contribution in [1.82, 2.24) is 0 Å². The zero-order valence-electron chi connectivity index (χ0n) is 18.5. The fourth-order valence-corrected chi connectivity index (χ4v) is 5.61. The van der Waals surface area contributed by atoms with Crippen LogP contribution in [0, 0.1) is 17.3 Å². The Morgan fingerprint density at radius 2 is 1.90 bits per heavy atom. The van der Waals surface area contributed by atoms with Gasteiger partial charge in [0.05, 0.1) is 19.3 Å². The minimum absolute atomic E-state index is 0.0314. The molecule has 0 aliphatic heterocycles. The molecule has 0 radical (unpaired) electrons. The van der Waals surface area contributed by atoms with Gasteiger partial charge in [-0.15, -0.1) is 0 Å². The van der Waals surface area contributed by atoms with Gasteiger partial charge in [0.2, 0.25) is 0 Å². The van der Waals surface area contributed by atoms with Gasteiger partial charge in [0, 0.05) is 18.8 Å². The lowest BCUT2D eigenvalue weighted by Crippen LogP contribution is -2.41. The van der Waals surface area contributed by atoms with Crippen molar-refractivity contribution in [2.75, 3.05) is 7.11 Å². The average Bonchev–Trinajstić information content (AvgIpc) is 2.93. The number of Topliss-reactive ketones (excluding diaryl/α,β-unsaturated/α-hetero) is 1. The number of ether oxygens (including phenoxy) is 1. The van der Waals surface area contributed by atoms with Crippen LogP contribution in [0.3, 0.4) is 0 Å². The maximum atomic E-state index is 12.4. The molecule has 0 saturated heterocycles. The maximum Gasteiger partial charge on any atom is 0.305 e. The topological polar surface area (TPSA) is 83.8 Å². The predicted octanol–water partition coefficient (Wildman–Crippen LogP) is 4.57. The molecule has 4 atom stereocenters.